The Balaban J connectivity index is 1.85. The molecular weight excluding hydrogens is 422 g/mol. The molecule has 5 rings (SSSR count). The molecule has 0 atom stereocenters. The van der Waals surface area contributed by atoms with Crippen LogP contribution in [0.1, 0.15) is 5.69 Å². The Morgan fingerprint density at radius 1 is 1.03 bits per heavy atom. The molecule has 11 heteroatoms. The molecule has 1 N–H and O–H groups in total. The molecule has 6 nitrogen and oxygen atoms in total. The van der Waals surface area contributed by atoms with E-state index >= 15 is 0 Å². The lowest BCUT2D eigenvalue weighted by Crippen LogP contribution is -2.08. The van der Waals surface area contributed by atoms with E-state index in [1.165, 1.54) is 22.9 Å². The minimum atomic E-state index is -4.64. The first kappa shape index (κ1) is 18.4. The van der Waals surface area contributed by atoms with Crippen LogP contribution in [0.4, 0.5) is 17.6 Å². The maximum Gasteiger partial charge on any atom is 0.433 e. The van der Waals surface area contributed by atoms with E-state index in [2.05, 4.69) is 19.9 Å². The van der Waals surface area contributed by atoms with Gasteiger partial charge in [0, 0.05) is 17.8 Å². The Bertz CT molecular complexity index is 1480. The molecule has 0 amide bonds. The second-order valence-corrected chi connectivity index (χ2v) is 7.38. The summed E-state index contributed by atoms with van der Waals surface area (Å²) in [7, 11) is 0. The summed E-state index contributed by atoms with van der Waals surface area (Å²) in [5.74, 6) is -0.560. The summed E-state index contributed by atoms with van der Waals surface area (Å²) in [6.07, 6.45) is -3.40. The molecule has 4 aromatic heterocycles. The van der Waals surface area contributed by atoms with Crippen LogP contribution < -0.4 is 4.87 Å². The molecular formula is C19H9F4N5OS. The predicted octanol–water partition coefficient (Wildman–Crippen LogP) is 4.54. The van der Waals surface area contributed by atoms with E-state index < -0.39 is 17.8 Å². The fraction of sp³-hybridized carbons (Fsp3) is 0.0526. The molecule has 0 aliphatic carbocycles. The topological polar surface area (TPSA) is 76.5 Å². The van der Waals surface area contributed by atoms with Crippen molar-refractivity contribution in [2.24, 2.45) is 0 Å². The monoisotopic (exact) mass is 431 g/mol. The fourth-order valence-corrected chi connectivity index (χ4v) is 3.94. The van der Waals surface area contributed by atoms with Crippen molar-refractivity contribution >= 4 is 32.7 Å². The summed E-state index contributed by atoms with van der Waals surface area (Å²) in [5, 5.41) is 0. The summed E-state index contributed by atoms with van der Waals surface area (Å²) in [4.78, 5) is 25.7. The van der Waals surface area contributed by atoms with Crippen LogP contribution in [0.25, 0.3) is 38.5 Å². The average Bonchev–Trinajstić information content (AvgIpc) is 3.25. The zero-order valence-corrected chi connectivity index (χ0v) is 15.6. The second-order valence-electron chi connectivity index (χ2n) is 6.37. The predicted molar refractivity (Wildman–Crippen MR) is 103 cm³/mol. The highest BCUT2D eigenvalue weighted by molar-refractivity contribution is 7.16. The maximum atomic E-state index is 13.7. The Morgan fingerprint density at radius 2 is 1.87 bits per heavy atom. The van der Waals surface area contributed by atoms with Gasteiger partial charge in [-0.3, -0.25) is 9.36 Å². The van der Waals surface area contributed by atoms with Crippen molar-refractivity contribution in [1.29, 1.82) is 0 Å². The molecule has 0 fully saturated rings. The van der Waals surface area contributed by atoms with E-state index in [9.17, 15) is 22.4 Å². The SMILES string of the molecule is O=c1[nH]c2ccc(-n3c(-c4ccnc(F)c4)nc4ccc(C(F)(F)F)nc43)cc2s1. The molecule has 0 bridgehead atoms. The maximum absolute atomic E-state index is 13.7. The van der Waals surface area contributed by atoms with Gasteiger partial charge in [0.05, 0.1) is 15.9 Å². The second kappa shape index (κ2) is 6.46. The van der Waals surface area contributed by atoms with Crippen molar-refractivity contribution in [3.05, 3.63) is 70.0 Å². The smallest absolute Gasteiger partial charge is 0.312 e. The van der Waals surface area contributed by atoms with E-state index in [4.69, 9.17) is 0 Å². The van der Waals surface area contributed by atoms with E-state index in [-0.39, 0.29) is 21.9 Å². The van der Waals surface area contributed by atoms with Gasteiger partial charge in [0.1, 0.15) is 17.0 Å². The van der Waals surface area contributed by atoms with Gasteiger partial charge in [-0.25, -0.2) is 15.0 Å². The largest absolute Gasteiger partial charge is 0.433 e. The third-order valence-corrected chi connectivity index (χ3v) is 5.29. The minimum absolute atomic E-state index is 0.0423. The van der Waals surface area contributed by atoms with Gasteiger partial charge in [-0.15, -0.1) is 0 Å². The van der Waals surface area contributed by atoms with Gasteiger partial charge >= 0.3 is 11.0 Å². The number of hydrogen-bond acceptors (Lipinski definition) is 5. The number of fused-ring (bicyclic) bond motifs is 2. The van der Waals surface area contributed by atoms with Crippen LogP contribution >= 0.6 is 11.3 Å². The number of thiazole rings is 1. The highest BCUT2D eigenvalue weighted by atomic mass is 32.1. The number of aromatic amines is 1. The lowest BCUT2D eigenvalue weighted by Gasteiger charge is -2.10. The van der Waals surface area contributed by atoms with Crippen LogP contribution in [0.3, 0.4) is 0 Å². The van der Waals surface area contributed by atoms with Crippen molar-refractivity contribution in [2.75, 3.05) is 0 Å². The minimum Gasteiger partial charge on any atom is -0.312 e. The van der Waals surface area contributed by atoms with Crippen LogP contribution in [0.2, 0.25) is 0 Å². The number of benzene rings is 1. The molecule has 0 saturated heterocycles. The normalized spacial score (nSPS) is 12.1. The molecule has 150 valence electrons. The number of H-pyrrole nitrogens is 1. The number of rotatable bonds is 2. The number of imidazole rings is 1. The molecule has 0 saturated carbocycles. The first-order chi connectivity index (χ1) is 14.3. The number of nitrogens with zero attached hydrogens (tertiary/aromatic N) is 4. The molecule has 0 radical (unpaired) electrons. The number of halogens is 4. The number of nitrogens with one attached hydrogen (secondary N) is 1. The van der Waals surface area contributed by atoms with Crippen molar-refractivity contribution < 1.29 is 17.6 Å². The lowest BCUT2D eigenvalue weighted by atomic mass is 10.2. The fourth-order valence-electron chi connectivity index (χ4n) is 3.17. The molecule has 1 aromatic carbocycles. The van der Waals surface area contributed by atoms with E-state index in [1.54, 1.807) is 18.2 Å². The third kappa shape index (κ3) is 3.03. The van der Waals surface area contributed by atoms with Crippen LogP contribution in [-0.2, 0) is 6.18 Å². The average molecular weight is 431 g/mol. The summed E-state index contributed by atoms with van der Waals surface area (Å²) >= 11 is 0.965. The number of aromatic nitrogens is 5. The first-order valence-corrected chi connectivity index (χ1v) is 9.33. The first-order valence-electron chi connectivity index (χ1n) is 8.51. The summed E-state index contributed by atoms with van der Waals surface area (Å²) in [5.41, 5.74) is 0.433. The summed E-state index contributed by atoms with van der Waals surface area (Å²) in [6, 6.07) is 9.60. The zero-order valence-electron chi connectivity index (χ0n) is 14.7. The van der Waals surface area contributed by atoms with Crippen molar-refractivity contribution in [3.8, 4) is 17.1 Å². The van der Waals surface area contributed by atoms with Gasteiger partial charge in [0.2, 0.25) is 5.95 Å². The van der Waals surface area contributed by atoms with Gasteiger partial charge in [-0.05, 0) is 36.4 Å². The van der Waals surface area contributed by atoms with Crippen LogP contribution in [0.5, 0.6) is 0 Å². The van der Waals surface area contributed by atoms with Crippen molar-refractivity contribution in [1.82, 2.24) is 24.5 Å². The van der Waals surface area contributed by atoms with Crippen molar-refractivity contribution in [2.45, 2.75) is 6.18 Å². The van der Waals surface area contributed by atoms with Gasteiger partial charge in [-0.2, -0.15) is 17.6 Å². The number of pyridine rings is 2. The number of alkyl halides is 3. The molecule has 0 aliphatic rings. The highest BCUT2D eigenvalue weighted by Crippen LogP contribution is 2.33. The quantitative estimate of drug-likeness (QED) is 0.329. The Hall–Kier alpha value is -3.60. The lowest BCUT2D eigenvalue weighted by molar-refractivity contribution is -0.141. The van der Waals surface area contributed by atoms with Gasteiger partial charge in [0.15, 0.2) is 5.65 Å². The van der Waals surface area contributed by atoms with Gasteiger partial charge in [0.25, 0.3) is 0 Å². The molecule has 5 aromatic rings. The summed E-state index contributed by atoms with van der Waals surface area (Å²) in [6.45, 7) is 0. The zero-order chi connectivity index (χ0) is 21.0. The Morgan fingerprint density at radius 3 is 2.63 bits per heavy atom. The van der Waals surface area contributed by atoms with Gasteiger partial charge < -0.3 is 4.98 Å². The van der Waals surface area contributed by atoms with E-state index in [0.29, 0.717) is 21.5 Å². The third-order valence-electron chi connectivity index (χ3n) is 4.44. The van der Waals surface area contributed by atoms with Crippen LogP contribution in [-0.4, -0.2) is 24.5 Å². The van der Waals surface area contributed by atoms with E-state index in [0.717, 1.165) is 23.5 Å². The molecule has 4 heterocycles. The van der Waals surface area contributed by atoms with Crippen molar-refractivity contribution in [3.63, 3.8) is 0 Å². The number of hydrogen-bond donors (Lipinski definition) is 1. The summed E-state index contributed by atoms with van der Waals surface area (Å²) < 4.78 is 55.5. The van der Waals surface area contributed by atoms with Crippen LogP contribution in [0, 0.1) is 5.95 Å². The Kier molecular flexibility index (Phi) is 3.97. The van der Waals surface area contributed by atoms with Gasteiger partial charge in [-0.1, -0.05) is 11.3 Å². The molecule has 0 aliphatic heterocycles. The molecule has 0 spiro atoms. The standard InChI is InChI=1S/C19H9F4N5OS/c20-15-7-9(5-6-24-15)16-25-12-3-4-14(19(21,22)23)27-17(12)28(16)10-1-2-11-13(8-10)30-18(29)26-11/h1-8H,(H,26,29). The van der Waals surface area contributed by atoms with E-state index in [1.807, 2.05) is 0 Å². The molecule has 0 unspecified atom stereocenters. The molecule has 30 heavy (non-hydrogen) atoms. The Labute approximate surface area is 168 Å². The highest BCUT2D eigenvalue weighted by Gasteiger charge is 2.33. The van der Waals surface area contributed by atoms with Crippen LogP contribution in [0.15, 0.2) is 53.5 Å².